The number of likely N-dealkylation sites (tertiary alicyclic amines) is 1. The van der Waals surface area contributed by atoms with E-state index in [0.29, 0.717) is 17.9 Å². The summed E-state index contributed by atoms with van der Waals surface area (Å²) < 4.78 is 0. The molecule has 1 fully saturated rings. The molecule has 1 rings (SSSR count). The molecule has 0 saturated carbocycles. The van der Waals surface area contributed by atoms with Crippen LogP contribution in [0.2, 0.25) is 0 Å². The minimum absolute atomic E-state index is 0.304. The van der Waals surface area contributed by atoms with Gasteiger partial charge in [0.2, 0.25) is 5.91 Å². The maximum absolute atomic E-state index is 11.0. The molecule has 2 nitrogen and oxygen atoms in total. The van der Waals surface area contributed by atoms with Crippen LogP contribution in [0.25, 0.3) is 0 Å². The van der Waals surface area contributed by atoms with Gasteiger partial charge < -0.3 is 4.90 Å². The molecule has 1 aliphatic rings. The summed E-state index contributed by atoms with van der Waals surface area (Å²) in [7, 11) is 1.90. The van der Waals surface area contributed by atoms with Crippen LogP contribution < -0.4 is 0 Å². The summed E-state index contributed by atoms with van der Waals surface area (Å²) in [6, 6.07) is 0.493. The fraction of sp³-hybridized carbons (Fsp3) is 0.875. The first kappa shape index (κ1) is 7.58. The number of rotatable bonds is 1. The molecule has 0 aromatic heterocycles. The molecule has 0 aromatic rings. The van der Waals surface area contributed by atoms with Gasteiger partial charge in [-0.05, 0) is 12.3 Å². The van der Waals surface area contributed by atoms with Crippen molar-refractivity contribution in [1.29, 1.82) is 0 Å². The first-order chi connectivity index (χ1) is 4.63. The number of carbonyl (C=O) groups is 1. The van der Waals surface area contributed by atoms with E-state index >= 15 is 0 Å². The number of amides is 1. The number of hydrogen-bond donors (Lipinski definition) is 0. The Morgan fingerprint density at radius 1 is 1.60 bits per heavy atom. The predicted octanol–water partition coefficient (Wildman–Crippen LogP) is 1.26. The predicted molar refractivity (Wildman–Crippen MR) is 40.6 cm³/mol. The second-order valence-corrected chi connectivity index (χ2v) is 3.35. The molecule has 10 heavy (non-hydrogen) atoms. The van der Waals surface area contributed by atoms with Crippen LogP contribution in [0.4, 0.5) is 0 Å². The Bertz CT molecular complexity index is 142. The van der Waals surface area contributed by atoms with Crippen molar-refractivity contribution in [3.8, 4) is 0 Å². The molecule has 0 aromatic carbocycles. The first-order valence-corrected chi connectivity index (χ1v) is 3.88. The van der Waals surface area contributed by atoms with Crippen LogP contribution in [0.3, 0.4) is 0 Å². The third-order valence-electron chi connectivity index (χ3n) is 2.31. The van der Waals surface area contributed by atoms with Gasteiger partial charge in [-0.2, -0.15) is 0 Å². The van der Waals surface area contributed by atoms with Gasteiger partial charge >= 0.3 is 0 Å². The SMILES string of the molecule is CC(C)[C@H]1CCC(=O)N1C. The highest BCUT2D eigenvalue weighted by atomic mass is 16.2. The molecule has 1 atom stereocenters. The lowest BCUT2D eigenvalue weighted by atomic mass is 10.0. The topological polar surface area (TPSA) is 20.3 Å². The second-order valence-electron chi connectivity index (χ2n) is 3.35. The Balaban J connectivity index is 2.57. The summed E-state index contributed by atoms with van der Waals surface area (Å²) in [6.07, 6.45) is 1.80. The molecule has 0 aliphatic carbocycles. The number of hydrogen-bond acceptors (Lipinski definition) is 1. The maximum atomic E-state index is 11.0. The molecular weight excluding hydrogens is 126 g/mol. The molecule has 1 heterocycles. The average molecular weight is 141 g/mol. The van der Waals surface area contributed by atoms with Gasteiger partial charge in [-0.1, -0.05) is 13.8 Å². The molecule has 1 aliphatic heterocycles. The fourth-order valence-corrected chi connectivity index (χ4v) is 1.61. The van der Waals surface area contributed by atoms with Crippen LogP contribution in [0.15, 0.2) is 0 Å². The van der Waals surface area contributed by atoms with Gasteiger partial charge in [0.15, 0.2) is 0 Å². The molecular formula is C8H15NO. The lowest BCUT2D eigenvalue weighted by Gasteiger charge is -2.22. The van der Waals surface area contributed by atoms with E-state index in [0.717, 1.165) is 12.8 Å². The van der Waals surface area contributed by atoms with Crippen LogP contribution in [0.5, 0.6) is 0 Å². The van der Waals surface area contributed by atoms with Crippen LogP contribution in [0.1, 0.15) is 26.7 Å². The van der Waals surface area contributed by atoms with Gasteiger partial charge in [0.1, 0.15) is 0 Å². The van der Waals surface area contributed by atoms with Gasteiger partial charge in [-0.15, -0.1) is 0 Å². The van der Waals surface area contributed by atoms with Crippen molar-refractivity contribution in [3.63, 3.8) is 0 Å². The Hall–Kier alpha value is -0.530. The number of carbonyl (C=O) groups excluding carboxylic acids is 1. The average Bonchev–Trinajstić information content (AvgIpc) is 2.14. The van der Waals surface area contributed by atoms with Crippen molar-refractivity contribution in [2.24, 2.45) is 5.92 Å². The molecule has 0 bridgehead atoms. The molecule has 58 valence electrons. The normalized spacial score (nSPS) is 26.6. The van der Waals surface area contributed by atoms with Gasteiger partial charge in [-0.3, -0.25) is 4.79 Å². The zero-order valence-electron chi connectivity index (χ0n) is 6.92. The quantitative estimate of drug-likeness (QED) is 0.538. The minimum Gasteiger partial charge on any atom is -0.343 e. The summed E-state index contributed by atoms with van der Waals surface area (Å²) >= 11 is 0. The standard InChI is InChI=1S/C8H15NO/c1-6(2)7-4-5-8(10)9(7)3/h6-7H,4-5H2,1-3H3/t7-/m1/s1. The maximum Gasteiger partial charge on any atom is 0.222 e. The van der Waals surface area contributed by atoms with E-state index in [4.69, 9.17) is 0 Å². The Morgan fingerprint density at radius 3 is 2.40 bits per heavy atom. The van der Waals surface area contributed by atoms with Gasteiger partial charge in [0, 0.05) is 19.5 Å². The van der Waals surface area contributed by atoms with Crippen LogP contribution >= 0.6 is 0 Å². The summed E-state index contributed by atoms with van der Waals surface area (Å²) in [5.74, 6) is 0.912. The monoisotopic (exact) mass is 141 g/mol. The van der Waals surface area contributed by atoms with Crippen molar-refractivity contribution in [2.45, 2.75) is 32.7 Å². The molecule has 0 radical (unpaired) electrons. The molecule has 2 heteroatoms. The largest absolute Gasteiger partial charge is 0.343 e. The number of nitrogens with zero attached hydrogens (tertiary/aromatic N) is 1. The Kier molecular flexibility index (Phi) is 1.97. The summed E-state index contributed by atoms with van der Waals surface area (Å²) in [5, 5.41) is 0. The molecule has 0 N–H and O–H groups in total. The van der Waals surface area contributed by atoms with Crippen molar-refractivity contribution in [3.05, 3.63) is 0 Å². The lowest BCUT2D eigenvalue weighted by molar-refractivity contribution is -0.128. The van der Waals surface area contributed by atoms with Gasteiger partial charge in [0.05, 0.1) is 0 Å². The van der Waals surface area contributed by atoms with Crippen molar-refractivity contribution in [2.75, 3.05) is 7.05 Å². The molecule has 1 amide bonds. The van der Waals surface area contributed by atoms with E-state index in [1.807, 2.05) is 11.9 Å². The van der Waals surface area contributed by atoms with E-state index < -0.39 is 0 Å². The van der Waals surface area contributed by atoms with Crippen molar-refractivity contribution < 1.29 is 4.79 Å². The van der Waals surface area contributed by atoms with Crippen molar-refractivity contribution >= 4 is 5.91 Å². The fourth-order valence-electron chi connectivity index (χ4n) is 1.61. The van der Waals surface area contributed by atoms with E-state index in [1.54, 1.807) is 0 Å². The smallest absolute Gasteiger partial charge is 0.222 e. The summed E-state index contributed by atoms with van der Waals surface area (Å²) in [4.78, 5) is 12.9. The Morgan fingerprint density at radius 2 is 2.20 bits per heavy atom. The van der Waals surface area contributed by atoms with Crippen LogP contribution in [-0.2, 0) is 4.79 Å². The van der Waals surface area contributed by atoms with Gasteiger partial charge in [0.25, 0.3) is 0 Å². The van der Waals surface area contributed by atoms with E-state index in [2.05, 4.69) is 13.8 Å². The van der Waals surface area contributed by atoms with Crippen LogP contribution in [0, 0.1) is 5.92 Å². The molecule has 1 saturated heterocycles. The molecule has 0 unspecified atom stereocenters. The highest BCUT2D eigenvalue weighted by Gasteiger charge is 2.29. The summed E-state index contributed by atoms with van der Waals surface area (Å²) in [5.41, 5.74) is 0. The second kappa shape index (κ2) is 2.60. The zero-order chi connectivity index (χ0) is 7.72. The molecule has 0 spiro atoms. The lowest BCUT2D eigenvalue weighted by Crippen LogP contribution is -2.32. The zero-order valence-corrected chi connectivity index (χ0v) is 6.92. The van der Waals surface area contributed by atoms with Gasteiger partial charge in [-0.25, -0.2) is 0 Å². The Labute approximate surface area is 62.2 Å². The first-order valence-electron chi connectivity index (χ1n) is 3.88. The third-order valence-corrected chi connectivity index (χ3v) is 2.31. The summed E-state index contributed by atoms with van der Waals surface area (Å²) in [6.45, 7) is 4.33. The highest BCUT2D eigenvalue weighted by Crippen LogP contribution is 2.22. The van der Waals surface area contributed by atoms with E-state index in [1.165, 1.54) is 0 Å². The third kappa shape index (κ3) is 1.15. The highest BCUT2D eigenvalue weighted by molar-refractivity contribution is 5.78. The van der Waals surface area contributed by atoms with Crippen LogP contribution in [-0.4, -0.2) is 23.9 Å². The van der Waals surface area contributed by atoms with Crippen molar-refractivity contribution in [1.82, 2.24) is 4.90 Å². The van der Waals surface area contributed by atoms with E-state index in [-0.39, 0.29) is 0 Å². The minimum atomic E-state index is 0.304. The van der Waals surface area contributed by atoms with E-state index in [9.17, 15) is 4.79 Å².